The summed E-state index contributed by atoms with van der Waals surface area (Å²) in [5, 5.41) is 5.52. The topological polar surface area (TPSA) is 69.9 Å². The van der Waals surface area contributed by atoms with E-state index < -0.39 is 0 Å². The smallest absolute Gasteiger partial charge is 0.164 e. The minimum Gasteiger partial charge on any atom is -0.460 e. The van der Waals surface area contributed by atoms with Crippen LogP contribution < -0.4 is 0 Å². The van der Waals surface area contributed by atoms with Gasteiger partial charge in [-0.3, -0.25) is 0 Å². The number of nitrogens with zero attached hydrogens (tertiary/aromatic N) is 4. The fourth-order valence-electron chi connectivity index (χ4n) is 8.63. The van der Waals surface area contributed by atoms with Gasteiger partial charge in [0.05, 0.1) is 11.0 Å². The van der Waals surface area contributed by atoms with Crippen molar-refractivity contribution in [1.82, 2.24) is 19.5 Å². The maximum absolute atomic E-state index is 6.52. The van der Waals surface area contributed by atoms with Gasteiger partial charge in [-0.1, -0.05) is 115 Å². The lowest BCUT2D eigenvalue weighted by Crippen LogP contribution is -2.00. The predicted molar refractivity (Wildman–Crippen MR) is 230 cm³/mol. The normalized spacial score (nSPS) is 12.7. The Bertz CT molecular complexity index is 3410. The molecule has 0 aliphatic heterocycles. The molecule has 1 aliphatic carbocycles. The summed E-state index contributed by atoms with van der Waals surface area (Å²) >= 11 is 0. The maximum Gasteiger partial charge on any atom is 0.164 e. The van der Waals surface area contributed by atoms with Crippen LogP contribution in [-0.4, -0.2) is 19.5 Å². The zero-order chi connectivity index (χ0) is 37.5. The number of aryl methyl sites for hydroxylation is 1. The van der Waals surface area contributed by atoms with Gasteiger partial charge in [-0.2, -0.15) is 0 Å². The molecule has 0 N–H and O–H groups in total. The molecule has 0 saturated heterocycles. The average Bonchev–Trinajstić information content (AvgIpc) is 3.95. The number of allylic oxidation sites excluding steroid dienone is 1. The molecule has 4 aromatic heterocycles. The van der Waals surface area contributed by atoms with Crippen molar-refractivity contribution in [3.8, 4) is 51.0 Å². The lowest BCUT2D eigenvalue weighted by Gasteiger charge is -2.10. The first-order chi connectivity index (χ1) is 28.2. The van der Waals surface area contributed by atoms with E-state index in [0.29, 0.717) is 17.5 Å². The highest BCUT2D eigenvalue weighted by Crippen LogP contribution is 2.41. The van der Waals surface area contributed by atoms with E-state index in [1.165, 1.54) is 21.9 Å². The van der Waals surface area contributed by atoms with Crippen LogP contribution in [0.2, 0.25) is 0 Å². The Labute approximate surface area is 327 Å². The molecule has 268 valence electrons. The van der Waals surface area contributed by atoms with Crippen LogP contribution >= 0.6 is 0 Å². The van der Waals surface area contributed by atoms with E-state index in [-0.39, 0.29) is 0 Å². The molecule has 57 heavy (non-hydrogen) atoms. The molecule has 0 radical (unpaired) electrons. The SMILES string of the molecule is C1=Cc2c(oc3cc(-c4nc(-c5ccccc5)nc(-c5cccc6oc7ccc(-c8ccc9c%10ccccc%10n(-c%10ccccc%10)c9c8)cc7c56)n4)ccc23)CC1. The summed E-state index contributed by atoms with van der Waals surface area (Å²) in [6.45, 7) is 0. The van der Waals surface area contributed by atoms with Crippen molar-refractivity contribution in [1.29, 1.82) is 0 Å². The van der Waals surface area contributed by atoms with Crippen LogP contribution in [0.1, 0.15) is 17.7 Å². The third-order valence-electron chi connectivity index (χ3n) is 11.3. The Morgan fingerprint density at radius 1 is 0.456 bits per heavy atom. The number of hydrogen-bond acceptors (Lipinski definition) is 5. The summed E-state index contributed by atoms with van der Waals surface area (Å²) in [5.41, 5.74) is 11.9. The molecule has 0 amide bonds. The van der Waals surface area contributed by atoms with Crippen molar-refractivity contribution in [2.24, 2.45) is 0 Å². The lowest BCUT2D eigenvalue weighted by atomic mass is 9.99. The molecule has 11 aromatic rings. The van der Waals surface area contributed by atoms with Crippen molar-refractivity contribution in [3.05, 3.63) is 175 Å². The number of aromatic nitrogens is 4. The van der Waals surface area contributed by atoms with Crippen LogP contribution in [0.3, 0.4) is 0 Å². The minimum atomic E-state index is 0.577. The van der Waals surface area contributed by atoms with Gasteiger partial charge in [0.15, 0.2) is 17.5 Å². The second-order valence-electron chi connectivity index (χ2n) is 14.7. The summed E-state index contributed by atoms with van der Waals surface area (Å²) in [6.07, 6.45) is 6.27. The molecule has 12 rings (SSSR count). The zero-order valence-electron chi connectivity index (χ0n) is 30.7. The second-order valence-corrected chi connectivity index (χ2v) is 14.7. The molecular weight excluding hydrogens is 701 g/mol. The standard InChI is InChI=1S/C51H32N4O2/c1-3-12-31(13-4-1)49-52-50(34-23-26-39-38-17-8-10-20-44(38)57-47(39)30-34)54-51(53-49)40-18-11-21-46-48(40)41-28-32(24-27-45(41)56-46)33-22-25-37-36-16-7-9-19-42(36)55(43(37)29-33)35-14-5-2-6-15-35/h1-9,11-19,21-30H,10,20H2. The van der Waals surface area contributed by atoms with Gasteiger partial charge in [0, 0.05) is 61.3 Å². The van der Waals surface area contributed by atoms with Gasteiger partial charge in [0.1, 0.15) is 22.5 Å². The Kier molecular flexibility index (Phi) is 6.95. The van der Waals surface area contributed by atoms with Gasteiger partial charge in [-0.25, -0.2) is 15.0 Å². The van der Waals surface area contributed by atoms with E-state index in [1.807, 2.05) is 42.5 Å². The fourth-order valence-corrected chi connectivity index (χ4v) is 8.63. The highest BCUT2D eigenvalue weighted by molar-refractivity contribution is 6.14. The molecule has 7 aromatic carbocycles. The summed E-state index contributed by atoms with van der Waals surface area (Å²) in [4.78, 5) is 15.3. The van der Waals surface area contributed by atoms with E-state index in [0.717, 1.165) is 90.5 Å². The average molecular weight is 733 g/mol. The quantitative estimate of drug-likeness (QED) is 0.176. The first kappa shape index (κ1) is 31.7. The summed E-state index contributed by atoms with van der Waals surface area (Å²) in [5.74, 6) is 2.79. The molecule has 0 unspecified atom stereocenters. The summed E-state index contributed by atoms with van der Waals surface area (Å²) in [7, 11) is 0. The number of benzene rings is 7. The van der Waals surface area contributed by atoms with Crippen molar-refractivity contribution in [2.45, 2.75) is 12.8 Å². The first-order valence-electron chi connectivity index (χ1n) is 19.3. The van der Waals surface area contributed by atoms with E-state index >= 15 is 0 Å². The molecular formula is C51H32N4O2. The maximum atomic E-state index is 6.52. The monoisotopic (exact) mass is 732 g/mol. The van der Waals surface area contributed by atoms with Crippen molar-refractivity contribution < 1.29 is 8.83 Å². The zero-order valence-corrected chi connectivity index (χ0v) is 30.7. The molecule has 0 bridgehead atoms. The third-order valence-corrected chi connectivity index (χ3v) is 11.3. The molecule has 0 spiro atoms. The predicted octanol–water partition coefficient (Wildman–Crippen LogP) is 13.2. The number of furan rings is 2. The number of rotatable bonds is 5. The molecule has 1 aliphatic rings. The van der Waals surface area contributed by atoms with Gasteiger partial charge in [0.2, 0.25) is 0 Å². The highest BCUT2D eigenvalue weighted by atomic mass is 16.3. The molecule has 6 nitrogen and oxygen atoms in total. The molecule has 0 saturated carbocycles. The third kappa shape index (κ3) is 5.07. The Morgan fingerprint density at radius 2 is 1.18 bits per heavy atom. The number of para-hydroxylation sites is 2. The molecule has 4 heterocycles. The van der Waals surface area contributed by atoms with Crippen molar-refractivity contribution >= 4 is 60.8 Å². The summed E-state index contributed by atoms with van der Waals surface area (Å²) < 4.78 is 15.2. The van der Waals surface area contributed by atoms with Crippen molar-refractivity contribution in [2.75, 3.05) is 0 Å². The van der Waals surface area contributed by atoms with Crippen LogP contribution in [0.15, 0.2) is 173 Å². The van der Waals surface area contributed by atoms with Crippen LogP contribution in [0, 0.1) is 0 Å². The molecule has 6 heteroatoms. The minimum absolute atomic E-state index is 0.577. The van der Waals surface area contributed by atoms with Gasteiger partial charge < -0.3 is 13.4 Å². The second kappa shape index (κ2) is 12.5. The lowest BCUT2D eigenvalue weighted by molar-refractivity contribution is 0.546. The van der Waals surface area contributed by atoms with Gasteiger partial charge in [-0.15, -0.1) is 0 Å². The Hall–Kier alpha value is -7.57. The fraction of sp³-hybridized carbons (Fsp3) is 0.0392. The Balaban J connectivity index is 1.04. The van der Waals surface area contributed by atoms with Crippen molar-refractivity contribution in [3.63, 3.8) is 0 Å². The van der Waals surface area contributed by atoms with Gasteiger partial charge in [-0.05, 0) is 72.1 Å². The first-order valence-corrected chi connectivity index (χ1v) is 19.3. The van der Waals surface area contributed by atoms with Crippen LogP contribution in [-0.2, 0) is 6.42 Å². The highest BCUT2D eigenvalue weighted by Gasteiger charge is 2.21. The van der Waals surface area contributed by atoms with E-state index in [1.54, 1.807) is 0 Å². The number of hydrogen-bond donors (Lipinski definition) is 0. The van der Waals surface area contributed by atoms with Crippen LogP contribution in [0.25, 0.3) is 112 Å². The van der Waals surface area contributed by atoms with E-state index in [2.05, 4.69) is 132 Å². The van der Waals surface area contributed by atoms with E-state index in [9.17, 15) is 0 Å². The Morgan fingerprint density at radius 3 is 2.07 bits per heavy atom. The van der Waals surface area contributed by atoms with Crippen LogP contribution in [0.5, 0.6) is 0 Å². The van der Waals surface area contributed by atoms with Crippen LogP contribution in [0.4, 0.5) is 0 Å². The van der Waals surface area contributed by atoms with E-state index in [4.69, 9.17) is 23.8 Å². The molecule has 0 atom stereocenters. The largest absolute Gasteiger partial charge is 0.460 e. The van der Waals surface area contributed by atoms with Gasteiger partial charge >= 0.3 is 0 Å². The number of fused-ring (bicyclic) bond motifs is 9. The molecule has 0 fully saturated rings. The summed E-state index contributed by atoms with van der Waals surface area (Å²) in [6, 6.07) is 54.9. The van der Waals surface area contributed by atoms with Gasteiger partial charge in [0.25, 0.3) is 0 Å².